The number of aliphatic hydroxyl groups is 1. The van der Waals surface area contributed by atoms with Crippen molar-refractivity contribution in [3.8, 4) is 0 Å². The van der Waals surface area contributed by atoms with Gasteiger partial charge in [0.15, 0.2) is 0 Å². The summed E-state index contributed by atoms with van der Waals surface area (Å²) >= 11 is 6.04. The van der Waals surface area contributed by atoms with E-state index in [1.165, 1.54) is 0 Å². The fraction of sp³-hybridized carbons (Fsp3) is 0.176. The number of nitrogens with one attached hydrogen (secondary N) is 2. The summed E-state index contributed by atoms with van der Waals surface area (Å²) in [6, 6.07) is 15.5. The van der Waals surface area contributed by atoms with Gasteiger partial charge in [0, 0.05) is 35.2 Å². The summed E-state index contributed by atoms with van der Waals surface area (Å²) in [4.78, 5) is 3.22. The van der Waals surface area contributed by atoms with Gasteiger partial charge in [0.05, 0.1) is 6.10 Å². The van der Waals surface area contributed by atoms with Gasteiger partial charge in [-0.2, -0.15) is 0 Å². The molecule has 4 heteroatoms. The number of hydrogen-bond acceptors (Lipinski definition) is 2. The average molecular weight is 301 g/mol. The molecule has 0 aliphatic heterocycles. The summed E-state index contributed by atoms with van der Waals surface area (Å²) in [5, 5.41) is 15.2. The van der Waals surface area contributed by atoms with Gasteiger partial charge in [-0.25, -0.2) is 0 Å². The molecule has 0 spiro atoms. The van der Waals surface area contributed by atoms with Gasteiger partial charge in [-0.1, -0.05) is 41.9 Å². The van der Waals surface area contributed by atoms with E-state index in [1.807, 2.05) is 54.7 Å². The monoisotopic (exact) mass is 300 g/mol. The van der Waals surface area contributed by atoms with E-state index in [-0.39, 0.29) is 0 Å². The third-order valence-electron chi connectivity index (χ3n) is 3.57. The maximum absolute atomic E-state index is 10.1. The van der Waals surface area contributed by atoms with E-state index in [9.17, 15) is 5.11 Å². The van der Waals surface area contributed by atoms with E-state index in [0.29, 0.717) is 13.1 Å². The number of fused-ring (bicyclic) bond motifs is 1. The fourth-order valence-corrected chi connectivity index (χ4v) is 2.61. The van der Waals surface area contributed by atoms with Crippen molar-refractivity contribution in [2.75, 3.05) is 6.54 Å². The number of rotatable bonds is 5. The van der Waals surface area contributed by atoms with Crippen LogP contribution in [-0.2, 0) is 6.54 Å². The molecule has 0 saturated carbocycles. The maximum Gasteiger partial charge on any atom is 0.0914 e. The number of halogens is 1. The van der Waals surface area contributed by atoms with Gasteiger partial charge in [0.25, 0.3) is 0 Å². The third kappa shape index (κ3) is 3.27. The molecule has 0 bridgehead atoms. The Hall–Kier alpha value is -1.81. The van der Waals surface area contributed by atoms with Gasteiger partial charge >= 0.3 is 0 Å². The zero-order valence-electron chi connectivity index (χ0n) is 11.5. The van der Waals surface area contributed by atoms with E-state index < -0.39 is 6.10 Å². The average Bonchev–Trinajstić information content (AvgIpc) is 2.90. The van der Waals surface area contributed by atoms with Gasteiger partial charge in [0.2, 0.25) is 0 Å². The number of aromatic amines is 1. The normalized spacial score (nSPS) is 12.7. The van der Waals surface area contributed by atoms with E-state index in [0.717, 1.165) is 27.1 Å². The minimum atomic E-state index is -0.500. The van der Waals surface area contributed by atoms with Gasteiger partial charge < -0.3 is 15.4 Å². The lowest BCUT2D eigenvalue weighted by molar-refractivity contribution is 0.174. The quantitative estimate of drug-likeness (QED) is 0.673. The molecule has 2 aromatic carbocycles. The lowest BCUT2D eigenvalue weighted by atomic mass is 10.1. The molecule has 1 aromatic heterocycles. The van der Waals surface area contributed by atoms with Crippen LogP contribution in [-0.4, -0.2) is 16.6 Å². The second-order valence-electron chi connectivity index (χ2n) is 5.06. The molecular weight excluding hydrogens is 284 g/mol. The molecule has 1 atom stereocenters. The Morgan fingerprint density at radius 2 is 1.95 bits per heavy atom. The highest BCUT2D eigenvalue weighted by Gasteiger charge is 2.08. The van der Waals surface area contributed by atoms with Gasteiger partial charge in [-0.15, -0.1) is 0 Å². The minimum Gasteiger partial charge on any atom is -0.387 e. The molecule has 1 unspecified atom stereocenters. The fourth-order valence-electron chi connectivity index (χ4n) is 2.43. The maximum atomic E-state index is 10.1. The third-order valence-corrected chi connectivity index (χ3v) is 3.80. The van der Waals surface area contributed by atoms with E-state index in [1.54, 1.807) is 0 Å². The van der Waals surface area contributed by atoms with Crippen LogP contribution in [0.25, 0.3) is 10.9 Å². The summed E-state index contributed by atoms with van der Waals surface area (Å²) in [6.45, 7) is 1.20. The summed E-state index contributed by atoms with van der Waals surface area (Å²) in [5.74, 6) is 0. The molecule has 3 rings (SSSR count). The summed E-state index contributed by atoms with van der Waals surface area (Å²) in [5.41, 5.74) is 3.14. The number of aliphatic hydroxyl groups excluding tert-OH is 1. The lowest BCUT2D eigenvalue weighted by Crippen LogP contribution is -2.20. The van der Waals surface area contributed by atoms with E-state index in [4.69, 9.17) is 11.6 Å². The number of aromatic nitrogens is 1. The molecule has 108 valence electrons. The van der Waals surface area contributed by atoms with Crippen LogP contribution in [0.5, 0.6) is 0 Å². The Balaban J connectivity index is 1.63. The van der Waals surface area contributed by atoms with E-state index in [2.05, 4.69) is 10.3 Å². The molecule has 0 saturated heterocycles. The van der Waals surface area contributed by atoms with Gasteiger partial charge in [-0.05, 0) is 29.3 Å². The van der Waals surface area contributed by atoms with Crippen LogP contribution in [0.3, 0.4) is 0 Å². The number of hydrogen-bond donors (Lipinski definition) is 3. The zero-order chi connectivity index (χ0) is 14.7. The standard InChI is InChI=1S/C17H17ClN2O/c18-14-6-7-16-15(8-14)13(10-20-16)9-19-11-17(21)12-4-2-1-3-5-12/h1-8,10,17,19-21H,9,11H2. The van der Waals surface area contributed by atoms with Crippen LogP contribution in [0.1, 0.15) is 17.2 Å². The van der Waals surface area contributed by atoms with Crippen molar-refractivity contribution < 1.29 is 5.11 Å². The second kappa shape index (κ2) is 6.31. The van der Waals surface area contributed by atoms with Gasteiger partial charge in [-0.3, -0.25) is 0 Å². The first-order chi connectivity index (χ1) is 10.2. The van der Waals surface area contributed by atoms with Crippen molar-refractivity contribution in [2.24, 2.45) is 0 Å². The van der Waals surface area contributed by atoms with Crippen LogP contribution in [0, 0.1) is 0 Å². The first-order valence-corrected chi connectivity index (χ1v) is 7.31. The molecule has 0 aliphatic rings. The van der Waals surface area contributed by atoms with Crippen LogP contribution in [0.4, 0.5) is 0 Å². The highest BCUT2D eigenvalue weighted by molar-refractivity contribution is 6.31. The highest BCUT2D eigenvalue weighted by atomic mass is 35.5. The highest BCUT2D eigenvalue weighted by Crippen LogP contribution is 2.22. The van der Waals surface area contributed by atoms with Crippen molar-refractivity contribution in [1.82, 2.24) is 10.3 Å². The molecule has 3 N–H and O–H groups in total. The van der Waals surface area contributed by atoms with Crippen molar-refractivity contribution in [2.45, 2.75) is 12.6 Å². The molecule has 0 fully saturated rings. The van der Waals surface area contributed by atoms with Gasteiger partial charge in [0.1, 0.15) is 0 Å². The minimum absolute atomic E-state index is 0.500. The molecule has 0 radical (unpaired) electrons. The first kappa shape index (κ1) is 14.1. The van der Waals surface area contributed by atoms with Crippen LogP contribution < -0.4 is 5.32 Å². The zero-order valence-corrected chi connectivity index (χ0v) is 12.3. The number of benzene rings is 2. The Kier molecular flexibility index (Phi) is 4.25. The Labute approximate surface area is 128 Å². The summed E-state index contributed by atoms with van der Waals surface area (Å²) in [7, 11) is 0. The molecule has 3 aromatic rings. The predicted octanol–water partition coefficient (Wildman–Crippen LogP) is 3.64. The lowest BCUT2D eigenvalue weighted by Gasteiger charge is -2.11. The molecule has 3 nitrogen and oxygen atoms in total. The molecule has 0 amide bonds. The van der Waals surface area contributed by atoms with Crippen LogP contribution in [0.2, 0.25) is 5.02 Å². The van der Waals surface area contributed by atoms with Crippen LogP contribution >= 0.6 is 11.6 Å². The van der Waals surface area contributed by atoms with Crippen molar-refractivity contribution in [3.63, 3.8) is 0 Å². The summed E-state index contributed by atoms with van der Waals surface area (Å²) in [6.07, 6.45) is 1.48. The first-order valence-electron chi connectivity index (χ1n) is 6.93. The largest absolute Gasteiger partial charge is 0.387 e. The predicted molar refractivity (Wildman–Crippen MR) is 86.4 cm³/mol. The molecule has 0 aliphatic carbocycles. The Morgan fingerprint density at radius 1 is 1.14 bits per heavy atom. The molecule has 21 heavy (non-hydrogen) atoms. The van der Waals surface area contributed by atoms with E-state index >= 15 is 0 Å². The second-order valence-corrected chi connectivity index (χ2v) is 5.50. The summed E-state index contributed by atoms with van der Waals surface area (Å²) < 4.78 is 0. The SMILES string of the molecule is OC(CNCc1c[nH]c2ccc(Cl)cc12)c1ccccc1. The smallest absolute Gasteiger partial charge is 0.0914 e. The Bertz CT molecular complexity index is 724. The van der Waals surface area contributed by atoms with Crippen LogP contribution in [0.15, 0.2) is 54.7 Å². The number of H-pyrrole nitrogens is 1. The topological polar surface area (TPSA) is 48.0 Å². The van der Waals surface area contributed by atoms with Crippen molar-refractivity contribution in [3.05, 3.63) is 70.9 Å². The molecular formula is C17H17ClN2O. The van der Waals surface area contributed by atoms with Crippen molar-refractivity contribution >= 4 is 22.5 Å². The Morgan fingerprint density at radius 3 is 2.76 bits per heavy atom. The van der Waals surface area contributed by atoms with Crippen molar-refractivity contribution in [1.29, 1.82) is 0 Å². The molecule has 1 heterocycles.